The summed E-state index contributed by atoms with van der Waals surface area (Å²) >= 11 is 7.49. The summed E-state index contributed by atoms with van der Waals surface area (Å²) in [6.07, 6.45) is 5.27. The zero-order valence-electron chi connectivity index (χ0n) is 11.0. The molecule has 0 aromatic heterocycles. The van der Waals surface area contributed by atoms with Gasteiger partial charge in [0.25, 0.3) is 0 Å². The number of alkyl halides is 1. The maximum absolute atomic E-state index is 5.77. The van der Waals surface area contributed by atoms with Crippen LogP contribution in [0.25, 0.3) is 0 Å². The lowest BCUT2D eigenvalue weighted by Gasteiger charge is -2.31. The van der Waals surface area contributed by atoms with Crippen molar-refractivity contribution < 1.29 is 4.74 Å². The minimum absolute atomic E-state index is 0.354. The topological polar surface area (TPSA) is 9.23 Å². The molecular weight excluding hydrogens is 356 g/mol. The number of hydrogen-bond acceptors (Lipinski definition) is 1. The van der Waals surface area contributed by atoms with Crippen LogP contribution in [0.1, 0.15) is 49.9 Å². The van der Waals surface area contributed by atoms with Crippen LogP contribution < -0.4 is 4.74 Å². The summed E-state index contributed by atoms with van der Waals surface area (Å²) in [5.41, 5.74) is 1.63. The molecule has 0 amide bonds. The molecule has 1 saturated carbocycles. The third kappa shape index (κ3) is 2.93. The van der Waals surface area contributed by atoms with Crippen LogP contribution in [-0.2, 0) is 0 Å². The molecule has 100 valence electrons. The highest BCUT2D eigenvalue weighted by Gasteiger charge is 2.37. The SMILES string of the molecule is CCOc1ccc(Br)cc1C(Br)C1(C)CCCC1. The third-order valence-corrected chi connectivity index (χ3v) is 5.99. The minimum atomic E-state index is 0.354. The summed E-state index contributed by atoms with van der Waals surface area (Å²) in [4.78, 5) is 0.367. The number of hydrogen-bond donors (Lipinski definition) is 0. The molecule has 3 heteroatoms. The summed E-state index contributed by atoms with van der Waals surface area (Å²) in [6, 6.07) is 6.30. The van der Waals surface area contributed by atoms with E-state index in [2.05, 4.69) is 50.9 Å². The lowest BCUT2D eigenvalue weighted by atomic mass is 9.82. The normalized spacial score (nSPS) is 19.8. The zero-order valence-corrected chi connectivity index (χ0v) is 14.2. The first-order chi connectivity index (χ1) is 8.57. The van der Waals surface area contributed by atoms with Crippen molar-refractivity contribution in [1.29, 1.82) is 0 Å². The van der Waals surface area contributed by atoms with Crippen LogP contribution in [0.2, 0.25) is 0 Å². The van der Waals surface area contributed by atoms with Crippen molar-refractivity contribution in [1.82, 2.24) is 0 Å². The molecule has 1 atom stereocenters. The van der Waals surface area contributed by atoms with E-state index >= 15 is 0 Å². The van der Waals surface area contributed by atoms with Crippen LogP contribution in [0, 0.1) is 5.41 Å². The zero-order chi connectivity index (χ0) is 13.2. The molecule has 0 bridgehead atoms. The van der Waals surface area contributed by atoms with Gasteiger partial charge in [-0.05, 0) is 43.4 Å². The molecule has 1 unspecified atom stereocenters. The van der Waals surface area contributed by atoms with E-state index in [1.165, 1.54) is 31.2 Å². The van der Waals surface area contributed by atoms with E-state index in [4.69, 9.17) is 4.74 Å². The Hall–Kier alpha value is -0.0200. The van der Waals surface area contributed by atoms with Crippen molar-refractivity contribution in [3.63, 3.8) is 0 Å². The fourth-order valence-electron chi connectivity index (χ4n) is 2.82. The highest BCUT2D eigenvalue weighted by atomic mass is 79.9. The van der Waals surface area contributed by atoms with E-state index in [0.717, 1.165) is 10.2 Å². The summed E-state index contributed by atoms with van der Waals surface area (Å²) in [6.45, 7) is 5.13. The van der Waals surface area contributed by atoms with Gasteiger partial charge in [0, 0.05) is 14.9 Å². The van der Waals surface area contributed by atoms with Gasteiger partial charge in [0.05, 0.1) is 6.61 Å². The first-order valence-corrected chi connectivity index (χ1v) is 8.34. The Labute approximate surface area is 127 Å². The quantitative estimate of drug-likeness (QED) is 0.598. The lowest BCUT2D eigenvalue weighted by molar-refractivity contribution is 0.306. The van der Waals surface area contributed by atoms with Gasteiger partial charge >= 0.3 is 0 Å². The Morgan fingerprint density at radius 1 is 1.33 bits per heavy atom. The molecule has 1 aliphatic carbocycles. The molecule has 1 fully saturated rings. The average Bonchev–Trinajstić information content (AvgIpc) is 2.79. The summed E-state index contributed by atoms with van der Waals surface area (Å²) in [7, 11) is 0. The molecule has 2 rings (SSSR count). The number of rotatable bonds is 4. The Bertz CT molecular complexity index is 411. The van der Waals surface area contributed by atoms with Gasteiger partial charge in [-0.1, -0.05) is 51.6 Å². The number of ether oxygens (including phenoxy) is 1. The van der Waals surface area contributed by atoms with Crippen LogP contribution in [0.15, 0.2) is 22.7 Å². The van der Waals surface area contributed by atoms with Crippen molar-refractivity contribution in [2.45, 2.75) is 44.4 Å². The van der Waals surface area contributed by atoms with Gasteiger partial charge in [-0.2, -0.15) is 0 Å². The first kappa shape index (κ1) is 14.4. The van der Waals surface area contributed by atoms with Gasteiger partial charge in [-0.15, -0.1) is 0 Å². The Kier molecular flexibility index (Phi) is 4.76. The fourth-order valence-corrected chi connectivity index (χ4v) is 4.01. The van der Waals surface area contributed by atoms with Crippen molar-refractivity contribution in [3.8, 4) is 5.75 Å². The van der Waals surface area contributed by atoms with Crippen molar-refractivity contribution in [2.24, 2.45) is 5.41 Å². The lowest BCUT2D eigenvalue weighted by Crippen LogP contribution is -2.18. The van der Waals surface area contributed by atoms with Gasteiger partial charge < -0.3 is 4.74 Å². The van der Waals surface area contributed by atoms with Crippen LogP contribution >= 0.6 is 31.9 Å². The van der Waals surface area contributed by atoms with Gasteiger partial charge in [-0.3, -0.25) is 0 Å². The minimum Gasteiger partial charge on any atom is -0.494 e. The smallest absolute Gasteiger partial charge is 0.123 e. The van der Waals surface area contributed by atoms with Gasteiger partial charge in [-0.25, -0.2) is 0 Å². The molecule has 18 heavy (non-hydrogen) atoms. The number of halogens is 2. The summed E-state index contributed by atoms with van der Waals surface area (Å²) < 4.78 is 6.88. The third-order valence-electron chi connectivity index (χ3n) is 3.90. The monoisotopic (exact) mass is 374 g/mol. The molecule has 0 aliphatic heterocycles. The van der Waals surface area contributed by atoms with E-state index in [1.807, 2.05) is 13.0 Å². The second kappa shape index (κ2) is 5.96. The molecular formula is C15H20Br2O. The second-order valence-corrected chi connectivity index (χ2v) is 7.17. The second-order valence-electron chi connectivity index (χ2n) is 5.34. The Morgan fingerprint density at radius 2 is 2.00 bits per heavy atom. The van der Waals surface area contributed by atoms with Gasteiger partial charge in [0.1, 0.15) is 5.75 Å². The van der Waals surface area contributed by atoms with Crippen molar-refractivity contribution in [2.75, 3.05) is 6.61 Å². The van der Waals surface area contributed by atoms with E-state index in [-0.39, 0.29) is 0 Å². The summed E-state index contributed by atoms with van der Waals surface area (Å²) in [5, 5.41) is 0. The Morgan fingerprint density at radius 3 is 2.61 bits per heavy atom. The fraction of sp³-hybridized carbons (Fsp3) is 0.600. The molecule has 1 nitrogen and oxygen atoms in total. The standard InChI is InChI=1S/C15H20Br2O/c1-3-18-13-7-6-11(16)10-12(13)14(17)15(2)8-4-5-9-15/h6-7,10,14H,3-5,8-9H2,1-2H3. The summed E-state index contributed by atoms with van der Waals surface area (Å²) in [5.74, 6) is 1.01. The maximum atomic E-state index is 5.77. The molecule has 1 aromatic carbocycles. The average molecular weight is 376 g/mol. The maximum Gasteiger partial charge on any atom is 0.123 e. The van der Waals surface area contributed by atoms with Crippen LogP contribution in [0.3, 0.4) is 0 Å². The molecule has 0 radical (unpaired) electrons. The van der Waals surface area contributed by atoms with Crippen molar-refractivity contribution in [3.05, 3.63) is 28.2 Å². The predicted molar refractivity (Wildman–Crippen MR) is 83.6 cm³/mol. The van der Waals surface area contributed by atoms with E-state index in [0.29, 0.717) is 16.8 Å². The molecule has 1 aliphatic rings. The van der Waals surface area contributed by atoms with E-state index in [9.17, 15) is 0 Å². The van der Waals surface area contributed by atoms with Crippen molar-refractivity contribution >= 4 is 31.9 Å². The van der Waals surface area contributed by atoms with Gasteiger partial charge in [0.15, 0.2) is 0 Å². The number of benzene rings is 1. The molecule has 1 aromatic rings. The van der Waals surface area contributed by atoms with E-state index < -0.39 is 0 Å². The first-order valence-electron chi connectivity index (χ1n) is 6.63. The predicted octanol–water partition coefficient (Wildman–Crippen LogP) is 5.86. The largest absolute Gasteiger partial charge is 0.494 e. The highest BCUT2D eigenvalue weighted by Crippen LogP contribution is 2.53. The van der Waals surface area contributed by atoms with Crippen LogP contribution in [0.4, 0.5) is 0 Å². The van der Waals surface area contributed by atoms with E-state index in [1.54, 1.807) is 0 Å². The van der Waals surface area contributed by atoms with Gasteiger partial charge in [0.2, 0.25) is 0 Å². The molecule has 0 saturated heterocycles. The molecule has 0 heterocycles. The molecule has 0 N–H and O–H groups in total. The Balaban J connectivity index is 2.33. The van der Waals surface area contributed by atoms with Crippen LogP contribution in [0.5, 0.6) is 5.75 Å². The highest BCUT2D eigenvalue weighted by molar-refractivity contribution is 9.10. The van der Waals surface area contributed by atoms with Crippen LogP contribution in [-0.4, -0.2) is 6.61 Å². The molecule has 0 spiro atoms.